The Bertz CT molecular complexity index is 529. The molecular weight excluding hydrogens is 462 g/mol. The summed E-state index contributed by atoms with van der Waals surface area (Å²) in [5.41, 5.74) is 5.00. The largest absolute Gasteiger partial charge is 0.481 e. The zero-order valence-corrected chi connectivity index (χ0v) is 19.0. The number of nitrogens with two attached hydrogens (primary N) is 1. The highest BCUT2D eigenvalue weighted by Crippen LogP contribution is 2.08. The van der Waals surface area contributed by atoms with Crippen LogP contribution >= 0.6 is 0 Å². The summed E-state index contributed by atoms with van der Waals surface area (Å²) in [6.45, 7) is -1.28. The van der Waals surface area contributed by atoms with Crippen molar-refractivity contribution >= 4 is 23.9 Å². The molecule has 0 saturated carbocycles. The molecule has 0 aliphatic carbocycles. The van der Waals surface area contributed by atoms with E-state index in [1.165, 1.54) is 0 Å². The van der Waals surface area contributed by atoms with Gasteiger partial charge in [0.15, 0.2) is 0 Å². The van der Waals surface area contributed by atoms with Crippen molar-refractivity contribution in [1.82, 2.24) is 0 Å². The second kappa shape index (κ2) is 23.8. The summed E-state index contributed by atoms with van der Waals surface area (Å²) < 4.78 is 0. The summed E-state index contributed by atoms with van der Waals surface area (Å²) in [6, 6.07) is -1.06. The molecule has 4 atom stereocenters. The van der Waals surface area contributed by atoms with Crippen molar-refractivity contribution in [1.29, 1.82) is 0 Å². The first kappa shape index (κ1) is 36.2. The van der Waals surface area contributed by atoms with Crippen LogP contribution in [0.3, 0.4) is 0 Å². The van der Waals surface area contributed by atoms with E-state index < -0.39 is 61.4 Å². The molecule has 0 aromatic carbocycles. The number of rotatable bonds is 17. The molecule has 0 aliphatic rings. The van der Waals surface area contributed by atoms with Gasteiger partial charge in [0.2, 0.25) is 0 Å². The molecule has 0 bridgehead atoms. The molecule has 0 amide bonds. The van der Waals surface area contributed by atoms with Crippen molar-refractivity contribution in [3.05, 3.63) is 0 Å². The van der Waals surface area contributed by atoms with E-state index in [4.69, 9.17) is 51.7 Å². The van der Waals surface area contributed by atoms with Crippen molar-refractivity contribution in [2.45, 2.75) is 88.6 Å². The number of aliphatic carboxylic acids is 4. The minimum absolute atomic E-state index is 0.0231. The highest BCUT2D eigenvalue weighted by molar-refractivity contribution is 5.74. The molecular formula is C20H39NO13. The van der Waals surface area contributed by atoms with Gasteiger partial charge in [0, 0.05) is 19.3 Å². The van der Waals surface area contributed by atoms with Gasteiger partial charge >= 0.3 is 23.9 Å². The first-order chi connectivity index (χ1) is 15.8. The Labute approximate surface area is 197 Å². The number of hydrogen-bond acceptors (Lipinski definition) is 10. The van der Waals surface area contributed by atoms with E-state index in [0.29, 0.717) is 0 Å². The fourth-order valence-corrected chi connectivity index (χ4v) is 2.13. The maximum atomic E-state index is 10.1. The minimum Gasteiger partial charge on any atom is -0.481 e. The number of unbranched alkanes of at least 4 members (excludes halogenated alkanes) is 5. The number of hydrogen-bond donors (Lipinski definition) is 10. The summed E-state index contributed by atoms with van der Waals surface area (Å²) in [7, 11) is 0. The predicted octanol–water partition coefficient (Wildman–Crippen LogP) is -1.41. The maximum Gasteiger partial charge on any atom is 0.320 e. The standard InChI is InChI=1S/C10H18O4.C5H9NO4.C5H12O5/c11-9(12)7-5-3-1-2-4-6-8-10(13)14;6-3(5(9)10)1-2-4(7)8;6-1-3(8)5(10)4(9)2-7/h1-8H2,(H,11,12)(H,13,14);3H,1-2,6H2,(H,7,8)(H,9,10);3-10H,1-2H2/t;3-;3-,4+,5+/m.0./s1. The van der Waals surface area contributed by atoms with Crippen LogP contribution in [-0.4, -0.2) is 107 Å². The molecule has 0 unspecified atom stereocenters. The van der Waals surface area contributed by atoms with E-state index in [1.807, 2.05) is 0 Å². The monoisotopic (exact) mass is 501 g/mol. The van der Waals surface area contributed by atoms with Crippen LogP contribution < -0.4 is 5.73 Å². The van der Waals surface area contributed by atoms with Crippen molar-refractivity contribution in [2.75, 3.05) is 13.2 Å². The summed E-state index contributed by atoms with van der Waals surface area (Å²) in [6.07, 6.45) is 1.31. The zero-order chi connectivity index (χ0) is 27.1. The maximum absolute atomic E-state index is 10.1. The Morgan fingerprint density at radius 2 is 0.912 bits per heavy atom. The van der Waals surface area contributed by atoms with Gasteiger partial charge in [-0.15, -0.1) is 0 Å². The zero-order valence-electron chi connectivity index (χ0n) is 19.0. The van der Waals surface area contributed by atoms with Gasteiger partial charge in [0.25, 0.3) is 0 Å². The lowest BCUT2D eigenvalue weighted by atomic mass is 10.1. The van der Waals surface area contributed by atoms with Crippen molar-refractivity contribution in [2.24, 2.45) is 5.73 Å². The van der Waals surface area contributed by atoms with Gasteiger partial charge in [-0.25, -0.2) is 0 Å². The third-order valence-corrected chi connectivity index (χ3v) is 4.18. The summed E-state index contributed by atoms with van der Waals surface area (Å²) >= 11 is 0. The summed E-state index contributed by atoms with van der Waals surface area (Å²) in [4.78, 5) is 40.2. The molecule has 0 radical (unpaired) electrons. The summed E-state index contributed by atoms with van der Waals surface area (Å²) in [5.74, 6) is -3.68. The van der Waals surface area contributed by atoms with E-state index in [1.54, 1.807) is 0 Å². The second-order valence-corrected chi connectivity index (χ2v) is 7.28. The fourth-order valence-electron chi connectivity index (χ4n) is 2.13. The third-order valence-electron chi connectivity index (χ3n) is 4.18. The summed E-state index contributed by atoms with van der Waals surface area (Å²) in [5, 5.41) is 75.5. The molecule has 14 heteroatoms. The van der Waals surface area contributed by atoms with Crippen LogP contribution in [0.25, 0.3) is 0 Å². The Morgan fingerprint density at radius 1 is 0.588 bits per heavy atom. The van der Waals surface area contributed by atoms with E-state index in [0.717, 1.165) is 38.5 Å². The molecule has 0 aromatic heterocycles. The molecule has 34 heavy (non-hydrogen) atoms. The van der Waals surface area contributed by atoms with Crippen molar-refractivity contribution in [3.8, 4) is 0 Å². The van der Waals surface area contributed by atoms with Crippen molar-refractivity contribution in [3.63, 3.8) is 0 Å². The van der Waals surface area contributed by atoms with Gasteiger partial charge in [-0.1, -0.05) is 25.7 Å². The fraction of sp³-hybridized carbons (Fsp3) is 0.800. The van der Waals surface area contributed by atoms with E-state index in [2.05, 4.69) is 0 Å². The molecule has 0 saturated heterocycles. The van der Waals surface area contributed by atoms with Crippen LogP contribution in [0.5, 0.6) is 0 Å². The highest BCUT2D eigenvalue weighted by Gasteiger charge is 2.22. The average Bonchev–Trinajstić information content (AvgIpc) is 2.77. The first-order valence-electron chi connectivity index (χ1n) is 10.7. The van der Waals surface area contributed by atoms with E-state index >= 15 is 0 Å². The number of carbonyl (C=O) groups is 4. The molecule has 0 aromatic rings. The van der Waals surface area contributed by atoms with Crippen LogP contribution in [0, 0.1) is 0 Å². The smallest absolute Gasteiger partial charge is 0.320 e. The van der Waals surface area contributed by atoms with E-state index in [9.17, 15) is 19.2 Å². The average molecular weight is 502 g/mol. The van der Waals surface area contributed by atoms with Crippen LogP contribution in [0.15, 0.2) is 0 Å². The SMILES string of the molecule is N[C@@H](CCC(=O)O)C(=O)O.O=C(O)CCCCCCCCC(=O)O.OC[C@@H](O)[C@H](O)[C@@H](O)CO. The van der Waals surface area contributed by atoms with Crippen LogP contribution in [0.1, 0.15) is 64.2 Å². The Balaban J connectivity index is -0.000000434. The van der Waals surface area contributed by atoms with Crippen LogP contribution in [-0.2, 0) is 19.2 Å². The molecule has 0 rings (SSSR count). The number of carboxylic acids is 4. The first-order valence-corrected chi connectivity index (χ1v) is 10.7. The molecule has 0 fully saturated rings. The Morgan fingerprint density at radius 3 is 1.18 bits per heavy atom. The van der Waals surface area contributed by atoms with Gasteiger partial charge < -0.3 is 51.7 Å². The van der Waals surface area contributed by atoms with Crippen molar-refractivity contribution < 1.29 is 65.1 Å². The molecule has 11 N–H and O–H groups in total. The minimum atomic E-state index is -1.49. The van der Waals surface area contributed by atoms with E-state index in [-0.39, 0.29) is 25.7 Å². The molecule has 0 spiro atoms. The molecule has 14 nitrogen and oxygen atoms in total. The lowest BCUT2D eigenvalue weighted by Crippen LogP contribution is -2.41. The van der Waals surface area contributed by atoms with Gasteiger partial charge in [-0.3, -0.25) is 19.2 Å². The normalized spacial score (nSPS) is 13.7. The molecule has 202 valence electrons. The van der Waals surface area contributed by atoms with Gasteiger partial charge in [-0.05, 0) is 19.3 Å². The second-order valence-electron chi connectivity index (χ2n) is 7.28. The Hall–Kier alpha value is -2.36. The Kier molecular flexibility index (Phi) is 25.3. The molecule has 0 aliphatic heterocycles. The quantitative estimate of drug-likeness (QED) is 0.103. The highest BCUT2D eigenvalue weighted by atomic mass is 16.4. The van der Waals surface area contributed by atoms with Gasteiger partial charge in [-0.2, -0.15) is 0 Å². The lowest BCUT2D eigenvalue weighted by Gasteiger charge is -2.19. The topological polar surface area (TPSA) is 276 Å². The van der Waals surface area contributed by atoms with Gasteiger partial charge in [0.1, 0.15) is 24.4 Å². The molecule has 0 heterocycles. The number of carboxylic acid groups (broad SMARTS) is 4. The number of aliphatic hydroxyl groups is 5. The van der Waals surface area contributed by atoms with Crippen LogP contribution in [0.2, 0.25) is 0 Å². The number of aliphatic hydroxyl groups excluding tert-OH is 5. The predicted molar refractivity (Wildman–Crippen MR) is 117 cm³/mol. The lowest BCUT2D eigenvalue weighted by molar-refractivity contribution is -0.140. The van der Waals surface area contributed by atoms with Crippen LogP contribution in [0.4, 0.5) is 0 Å². The van der Waals surface area contributed by atoms with Gasteiger partial charge in [0.05, 0.1) is 13.2 Å². The third kappa shape index (κ3) is 27.7.